The average Bonchev–Trinajstić information content (AvgIpc) is 3.17. The normalized spacial score (nSPS) is 17.0. The molecule has 8 heteroatoms. The molecule has 7 nitrogen and oxygen atoms in total. The Hall–Kier alpha value is -1.67. The molecular weight excluding hydrogens is 306 g/mol. The minimum atomic E-state index is -3.81. The van der Waals surface area contributed by atoms with Gasteiger partial charge in [0.25, 0.3) is 0 Å². The molecule has 0 aliphatic heterocycles. The molecule has 22 heavy (non-hydrogen) atoms. The van der Waals surface area contributed by atoms with Crippen molar-refractivity contribution < 1.29 is 18.3 Å². The summed E-state index contributed by atoms with van der Waals surface area (Å²) in [7, 11) is -3.81. The fourth-order valence-electron chi connectivity index (χ4n) is 2.61. The summed E-state index contributed by atoms with van der Waals surface area (Å²) < 4.78 is 27.8. The minimum absolute atomic E-state index is 0.0928. The van der Waals surface area contributed by atoms with Crippen molar-refractivity contribution in [3.05, 3.63) is 30.1 Å². The number of nitrogens with one attached hydrogen (secondary N) is 1. The molecule has 0 bridgehead atoms. The number of sulfonamides is 1. The molecule has 0 atom stereocenters. The number of hydrogen-bond donors (Lipinski definition) is 2. The Morgan fingerprint density at radius 1 is 1.45 bits per heavy atom. The van der Waals surface area contributed by atoms with Gasteiger partial charge in [0, 0.05) is 24.5 Å². The summed E-state index contributed by atoms with van der Waals surface area (Å²) in [5, 5.41) is 9.46. The minimum Gasteiger partial charge on any atom is -0.465 e. The molecule has 0 saturated heterocycles. The van der Waals surface area contributed by atoms with Crippen molar-refractivity contribution >= 4 is 16.1 Å². The van der Waals surface area contributed by atoms with E-state index in [-0.39, 0.29) is 6.54 Å². The van der Waals surface area contributed by atoms with Crippen LogP contribution in [-0.2, 0) is 16.6 Å². The van der Waals surface area contributed by atoms with Crippen molar-refractivity contribution in [1.29, 1.82) is 0 Å². The molecule has 0 aromatic carbocycles. The van der Waals surface area contributed by atoms with Crippen molar-refractivity contribution in [2.45, 2.75) is 50.6 Å². The van der Waals surface area contributed by atoms with E-state index in [1.165, 1.54) is 0 Å². The largest absolute Gasteiger partial charge is 0.465 e. The Labute approximate surface area is 130 Å². The molecular formula is C14H21N3O4S. The molecule has 122 valence electrons. The summed E-state index contributed by atoms with van der Waals surface area (Å²) in [4.78, 5) is 15.2. The van der Waals surface area contributed by atoms with Gasteiger partial charge in [0.05, 0.1) is 0 Å². The lowest BCUT2D eigenvalue weighted by atomic mass is 10.1. The predicted octanol–water partition coefficient (Wildman–Crippen LogP) is 1.77. The second-order valence-corrected chi connectivity index (χ2v) is 8.48. The molecule has 1 aromatic rings. The highest BCUT2D eigenvalue weighted by atomic mass is 32.2. The second kappa shape index (κ2) is 5.51. The van der Waals surface area contributed by atoms with Crippen LogP contribution in [0.2, 0.25) is 0 Å². The average molecular weight is 327 g/mol. The lowest BCUT2D eigenvalue weighted by Gasteiger charge is -2.39. The standard InChI is InChI=1S/C14H21N3O4S/c1-13(2,3)17(12(18)19)14(6-7-14)22(20,21)16-10-11-5-4-8-15-9-11/h4-5,8-9,16H,6-7,10H2,1-3H3,(H,18,19). The van der Waals surface area contributed by atoms with Gasteiger partial charge in [-0.3, -0.25) is 9.88 Å². The van der Waals surface area contributed by atoms with Gasteiger partial charge in [-0.25, -0.2) is 17.9 Å². The van der Waals surface area contributed by atoms with E-state index in [1.54, 1.807) is 45.3 Å². The maximum Gasteiger partial charge on any atom is 0.409 e. The van der Waals surface area contributed by atoms with E-state index in [9.17, 15) is 18.3 Å². The van der Waals surface area contributed by atoms with Crippen LogP contribution in [0.1, 0.15) is 39.2 Å². The second-order valence-electron chi connectivity index (χ2n) is 6.42. The van der Waals surface area contributed by atoms with Gasteiger partial charge >= 0.3 is 6.09 Å². The van der Waals surface area contributed by atoms with Gasteiger partial charge in [0.15, 0.2) is 4.87 Å². The highest BCUT2D eigenvalue weighted by Gasteiger charge is 2.63. The zero-order valence-corrected chi connectivity index (χ0v) is 13.7. The SMILES string of the molecule is CC(C)(C)N(C(=O)O)C1(S(=O)(=O)NCc2cccnc2)CC1. The van der Waals surface area contributed by atoms with Crippen LogP contribution in [0.5, 0.6) is 0 Å². The number of carbonyl (C=O) groups is 1. The van der Waals surface area contributed by atoms with Crippen molar-refractivity contribution in [3.8, 4) is 0 Å². The molecule has 0 spiro atoms. The Bertz CT molecular complexity index is 648. The third kappa shape index (κ3) is 3.07. The Balaban J connectivity index is 2.22. The van der Waals surface area contributed by atoms with Crippen LogP contribution in [-0.4, -0.2) is 39.9 Å². The first-order valence-corrected chi connectivity index (χ1v) is 8.50. The molecule has 0 unspecified atom stereocenters. The predicted molar refractivity (Wildman–Crippen MR) is 81.6 cm³/mol. The van der Waals surface area contributed by atoms with Crippen LogP contribution in [0.3, 0.4) is 0 Å². The first-order chi connectivity index (χ1) is 10.1. The molecule has 2 rings (SSSR count). The van der Waals surface area contributed by atoms with Crippen molar-refractivity contribution in [2.75, 3.05) is 0 Å². The summed E-state index contributed by atoms with van der Waals surface area (Å²) in [6.07, 6.45) is 2.56. The summed E-state index contributed by atoms with van der Waals surface area (Å²) in [6, 6.07) is 3.48. The molecule has 1 heterocycles. The first-order valence-electron chi connectivity index (χ1n) is 7.01. The summed E-state index contributed by atoms with van der Waals surface area (Å²) >= 11 is 0. The first kappa shape index (κ1) is 16.7. The molecule has 1 saturated carbocycles. The lowest BCUT2D eigenvalue weighted by Crippen LogP contribution is -2.58. The van der Waals surface area contributed by atoms with Crippen LogP contribution in [0.15, 0.2) is 24.5 Å². The van der Waals surface area contributed by atoms with Crippen molar-refractivity contribution in [1.82, 2.24) is 14.6 Å². The lowest BCUT2D eigenvalue weighted by molar-refractivity contribution is 0.0839. The highest BCUT2D eigenvalue weighted by molar-refractivity contribution is 7.91. The molecule has 1 aromatic heterocycles. The summed E-state index contributed by atoms with van der Waals surface area (Å²) in [5.74, 6) is 0. The molecule has 2 N–H and O–H groups in total. The Kier molecular flexibility index (Phi) is 4.18. The molecule has 1 aliphatic rings. The van der Waals surface area contributed by atoms with E-state index in [2.05, 4.69) is 9.71 Å². The number of amides is 1. The van der Waals surface area contributed by atoms with Crippen molar-refractivity contribution in [2.24, 2.45) is 0 Å². The smallest absolute Gasteiger partial charge is 0.409 e. The maximum atomic E-state index is 12.6. The van der Waals surface area contributed by atoms with Gasteiger partial charge < -0.3 is 5.11 Å². The summed E-state index contributed by atoms with van der Waals surface area (Å²) in [6.45, 7) is 5.17. The van der Waals surface area contributed by atoms with E-state index in [4.69, 9.17) is 0 Å². The van der Waals surface area contributed by atoms with E-state index in [0.29, 0.717) is 12.8 Å². The molecule has 1 fully saturated rings. The molecule has 1 aliphatic carbocycles. The fraction of sp³-hybridized carbons (Fsp3) is 0.571. The third-order valence-corrected chi connectivity index (χ3v) is 5.75. The van der Waals surface area contributed by atoms with E-state index >= 15 is 0 Å². The fourth-order valence-corrected chi connectivity index (χ4v) is 4.46. The molecule has 1 amide bonds. The topological polar surface area (TPSA) is 99.6 Å². The molecule has 0 radical (unpaired) electrons. The van der Waals surface area contributed by atoms with E-state index in [1.807, 2.05) is 0 Å². The van der Waals surface area contributed by atoms with Gasteiger partial charge in [-0.05, 0) is 45.2 Å². The van der Waals surface area contributed by atoms with Gasteiger partial charge in [0.1, 0.15) is 0 Å². The van der Waals surface area contributed by atoms with Crippen LogP contribution < -0.4 is 4.72 Å². The zero-order chi connectivity index (χ0) is 16.6. The van der Waals surface area contributed by atoms with Gasteiger partial charge in [-0.15, -0.1) is 0 Å². The highest BCUT2D eigenvalue weighted by Crippen LogP contribution is 2.49. The van der Waals surface area contributed by atoms with E-state index < -0.39 is 26.5 Å². The third-order valence-electron chi connectivity index (χ3n) is 3.64. The number of pyridine rings is 1. The van der Waals surface area contributed by atoms with Crippen LogP contribution >= 0.6 is 0 Å². The maximum absolute atomic E-state index is 12.6. The van der Waals surface area contributed by atoms with Gasteiger partial charge in [-0.1, -0.05) is 6.07 Å². The Morgan fingerprint density at radius 2 is 2.09 bits per heavy atom. The van der Waals surface area contributed by atoms with Crippen molar-refractivity contribution in [3.63, 3.8) is 0 Å². The van der Waals surface area contributed by atoms with Crippen LogP contribution in [0.25, 0.3) is 0 Å². The quantitative estimate of drug-likeness (QED) is 0.858. The number of hydrogen-bond acceptors (Lipinski definition) is 4. The van der Waals surface area contributed by atoms with Gasteiger partial charge in [0.2, 0.25) is 10.0 Å². The number of aromatic nitrogens is 1. The number of carboxylic acid groups (broad SMARTS) is 1. The van der Waals surface area contributed by atoms with E-state index in [0.717, 1.165) is 10.5 Å². The Morgan fingerprint density at radius 3 is 2.50 bits per heavy atom. The van der Waals surface area contributed by atoms with Gasteiger partial charge in [-0.2, -0.15) is 0 Å². The monoisotopic (exact) mass is 327 g/mol. The van der Waals surface area contributed by atoms with Crippen LogP contribution in [0, 0.1) is 0 Å². The number of rotatable bonds is 5. The zero-order valence-electron chi connectivity index (χ0n) is 12.9. The number of nitrogens with zero attached hydrogens (tertiary/aromatic N) is 2. The summed E-state index contributed by atoms with van der Waals surface area (Å²) in [5.41, 5.74) is -0.0784. The van der Waals surface area contributed by atoms with Crippen LogP contribution in [0.4, 0.5) is 4.79 Å².